The van der Waals surface area contributed by atoms with E-state index >= 15 is 0 Å². The molecule has 814 valence electrons. The van der Waals surface area contributed by atoms with E-state index in [0.29, 0.717) is 109 Å². The van der Waals surface area contributed by atoms with Crippen LogP contribution in [0.25, 0.3) is 22.3 Å². The number of rotatable bonds is 22. The molecule has 0 radical (unpaired) electrons. The van der Waals surface area contributed by atoms with Crippen LogP contribution in [0.5, 0.6) is 0 Å². The molecule has 10 aliphatic rings. The Morgan fingerprint density at radius 2 is 0.680 bits per heavy atom. The Balaban J connectivity index is 0.000000157. The van der Waals surface area contributed by atoms with Gasteiger partial charge < -0.3 is 80.8 Å². The Bertz CT molecular complexity index is 6660. The molecule has 8 N–H and O–H groups in total. The van der Waals surface area contributed by atoms with Gasteiger partial charge in [-0.25, -0.2) is 38.8 Å². The Kier molecular flexibility index (Phi) is 39.6. The zero-order valence-electron chi connectivity index (χ0n) is 89.3. The number of halogens is 5. The molecule has 0 saturated carbocycles. The molecule has 1 amide bonds. The summed E-state index contributed by atoms with van der Waals surface area (Å²) in [5, 5.41) is 41.1. The molecule has 0 spiro atoms. The summed E-state index contributed by atoms with van der Waals surface area (Å²) in [6, 6.07) is 63.9. The van der Waals surface area contributed by atoms with E-state index in [9.17, 15) is 49.0 Å². The second-order valence-electron chi connectivity index (χ2n) is 45.5. The topological polar surface area (TPSA) is 282 Å². The summed E-state index contributed by atoms with van der Waals surface area (Å²) in [6.45, 7) is 38.6. The first kappa shape index (κ1) is 119. The number of amides is 1. The van der Waals surface area contributed by atoms with Gasteiger partial charge in [-0.05, 0) is 282 Å². The number of aryl methyl sites for hydroxylation is 3. The van der Waals surface area contributed by atoms with Gasteiger partial charge in [0.25, 0.3) is 0 Å². The fraction of sp³-hybridized carbons (Fsp3) is 0.466. The largest absolute Gasteiger partial charge is 2.00 e. The summed E-state index contributed by atoms with van der Waals surface area (Å²) in [4.78, 5) is 15.3. The maximum absolute atomic E-state index is 14.7. The maximum atomic E-state index is 14.7. The number of hydrogen-bond acceptors (Lipinski definition) is 19. The van der Waals surface area contributed by atoms with Gasteiger partial charge in [0.05, 0.1) is 102 Å². The van der Waals surface area contributed by atoms with Gasteiger partial charge in [0.1, 0.15) is 17.2 Å². The van der Waals surface area contributed by atoms with Gasteiger partial charge in [0, 0.05) is 135 Å². The molecule has 32 heteroatoms. The van der Waals surface area contributed by atoms with Crippen molar-refractivity contribution in [2.24, 2.45) is 45.8 Å². The van der Waals surface area contributed by atoms with E-state index in [1.807, 2.05) is 137 Å². The zero-order valence-corrected chi connectivity index (χ0v) is 98.1. The first-order valence-corrected chi connectivity index (χ1v) is 58.4. The molecule has 0 aliphatic carbocycles. The Morgan fingerprint density at radius 1 is 0.380 bits per heavy atom. The van der Waals surface area contributed by atoms with Crippen LogP contribution in [-0.4, -0.2) is 181 Å². The second kappa shape index (κ2) is 50.0. The van der Waals surface area contributed by atoms with Gasteiger partial charge in [0.15, 0.2) is 0 Å². The summed E-state index contributed by atoms with van der Waals surface area (Å²) >= 11 is 10.7. The van der Waals surface area contributed by atoms with E-state index in [2.05, 4.69) is 172 Å². The van der Waals surface area contributed by atoms with Gasteiger partial charge in [-0.1, -0.05) is 212 Å². The predicted octanol–water partition coefficient (Wildman–Crippen LogP) is 25.7. The minimum Gasteiger partial charge on any atom is -0.444 e. The summed E-state index contributed by atoms with van der Waals surface area (Å²) < 4.78 is 143. The van der Waals surface area contributed by atoms with Crippen LogP contribution in [0, 0.1) is 93.1 Å². The van der Waals surface area contributed by atoms with Gasteiger partial charge in [0.2, 0.25) is 30.1 Å². The summed E-state index contributed by atoms with van der Waals surface area (Å²) in [5.74, 6) is 0.305. The first-order chi connectivity index (χ1) is 69.7. The van der Waals surface area contributed by atoms with Crippen molar-refractivity contribution in [2.75, 3.05) is 112 Å². The minimum absolute atomic E-state index is 0. The van der Waals surface area contributed by atoms with Crippen LogP contribution >= 0.6 is 47.8 Å². The number of benzene rings is 10. The Hall–Kier alpha value is -8.08. The number of carbonyl (C=O) groups excluding carboxylic acids is 1. The van der Waals surface area contributed by atoms with Crippen LogP contribution in [-0.2, 0) is 69.4 Å². The second-order valence-corrected chi connectivity index (χ2v) is 53.9. The molecule has 10 aromatic rings. The molecule has 5 unspecified atom stereocenters. The van der Waals surface area contributed by atoms with Crippen molar-refractivity contribution >= 4 is 112 Å². The third kappa shape index (κ3) is 27.8. The molecular weight excluding hydrogens is 2250 g/mol. The molecule has 0 aromatic heterocycles. The fourth-order valence-corrected chi connectivity index (χ4v) is 28.4. The average molecular weight is 2400 g/mol. The number of ether oxygens (including phenoxy) is 4. The standard InChI is InChI=1S/C31H37FN2O3S.C25H33BrN2O3S.C25H25FN2O3S.C18H27BrN2O.C17H23BrN2O3.2CH3.Pd/c1-21-9-12-23(13-10-21)38(35,36)34-17-15-25-29(20-37-18-16-31(2,3)4)33-28-14-11-22(19-26(28)30(25)34)24-7-5-6-8-27(24)32;1-17-5-8-19(9-6-17)32(29,30)28-13-11-20-23(16-31-14-12-25(2,3)4)27-22-10-7-18(26)15-21(22)24(20)28;1-16-6-9-18(10-7-16)32(30,31)28-13-12-20-24(15-29)27-23-11-8-17(14-21(23)25(20)28)19-4-2-3-5-22(19)26;1-18(2,3)7-9-22-11-16-13-6-8-20-17(13)14-10-12(19)4-5-15(14)21-16;1-17(2,3)23-16(22)20-7-6-11-14(9-21)19-13-5-4-10(18)8-12(13)15(11)20;;;/h5-14,19,25,29-30,33H,15-18,20H2,1-4H3;5-10,15,20,23-24,27H,11-14,16H2,1-4H3;2-11,14,20,24-25,27,29H,12-13,15H2,1H3;4-5,10,13,16-17,20-21H,6-9,11H2,1-3H3;4-5,8,11,14-15,19,21H,6-7,9H2,1-3H3;2*1H3;/q;;;;;2*-1;+2/t25-,29+,30?;20-,23+,24?;20-,24+,25?;13-,16+,17?;11-,14+,15?;;;/m11111.../s1. The number of hydrogen-bond donors (Lipinski definition) is 8. The van der Waals surface area contributed by atoms with Crippen LogP contribution < -0.4 is 31.9 Å². The minimum atomic E-state index is -3.74. The normalized spacial score (nSPS) is 23.3. The third-order valence-corrected chi connectivity index (χ3v) is 37.3. The number of sulfonamides is 3. The molecule has 5 saturated heterocycles. The molecule has 10 aromatic carbocycles. The van der Waals surface area contributed by atoms with E-state index < -0.39 is 41.7 Å². The molecule has 10 heterocycles. The van der Waals surface area contributed by atoms with Gasteiger partial charge in [-0.3, -0.25) is 0 Å². The molecule has 20 rings (SSSR count). The number of carbonyl (C=O) groups is 1. The zero-order chi connectivity index (χ0) is 105. The monoisotopic (exact) mass is 2390 g/mol. The third-order valence-electron chi connectivity index (χ3n) is 30.1. The quantitative estimate of drug-likeness (QED) is 0.0178. The van der Waals surface area contributed by atoms with E-state index in [-0.39, 0.29) is 148 Å². The number of nitrogens with one attached hydrogen (secondary N) is 6. The number of aliphatic hydroxyl groups excluding tert-OH is 2. The number of fused-ring (bicyclic) bond motifs is 15. The van der Waals surface area contributed by atoms with Crippen LogP contribution in [0.15, 0.2) is 240 Å². The van der Waals surface area contributed by atoms with Crippen molar-refractivity contribution < 1.29 is 88.4 Å². The Morgan fingerprint density at radius 3 is 1.03 bits per heavy atom. The summed E-state index contributed by atoms with van der Waals surface area (Å²) in [6.07, 6.45) is 7.00. The smallest absolute Gasteiger partial charge is 0.444 e. The molecule has 5 fully saturated rings. The van der Waals surface area contributed by atoms with Crippen LogP contribution in [0.2, 0.25) is 0 Å². The van der Waals surface area contributed by atoms with Crippen molar-refractivity contribution in [3.8, 4) is 22.3 Å². The Labute approximate surface area is 929 Å². The first-order valence-electron chi connectivity index (χ1n) is 51.7. The number of likely N-dealkylation sites (tertiary alicyclic amines) is 1. The van der Waals surface area contributed by atoms with Gasteiger partial charge in [-0.2, -0.15) is 12.9 Å². The van der Waals surface area contributed by atoms with Crippen molar-refractivity contribution in [3.05, 3.63) is 297 Å². The molecule has 23 nitrogen and oxygen atoms in total. The van der Waals surface area contributed by atoms with E-state index in [1.54, 1.807) is 91.8 Å². The average Bonchev–Trinajstić information content (AvgIpc) is 1.57. The van der Waals surface area contributed by atoms with Crippen molar-refractivity contribution in [3.63, 3.8) is 0 Å². The molecular formula is C118H151Br3F2N10O13PdS3. The number of aliphatic hydroxyl groups is 2. The summed E-state index contributed by atoms with van der Waals surface area (Å²) in [5.41, 5.74) is 15.8. The van der Waals surface area contributed by atoms with Crippen LogP contribution in [0.1, 0.15) is 209 Å². The van der Waals surface area contributed by atoms with E-state index in [0.717, 1.165) is 139 Å². The van der Waals surface area contributed by atoms with Gasteiger partial charge in [-0.15, -0.1) is 0 Å². The predicted molar refractivity (Wildman–Crippen MR) is 605 cm³/mol. The fourth-order valence-electron chi connectivity index (χ4n) is 22.3. The van der Waals surface area contributed by atoms with Crippen LogP contribution in [0.3, 0.4) is 0 Å². The van der Waals surface area contributed by atoms with Crippen molar-refractivity contribution in [1.82, 2.24) is 23.1 Å². The van der Waals surface area contributed by atoms with Gasteiger partial charge >= 0.3 is 26.5 Å². The number of nitrogens with zero attached hydrogens (tertiary/aromatic N) is 4. The van der Waals surface area contributed by atoms with Crippen molar-refractivity contribution in [2.45, 2.75) is 236 Å². The molecule has 15 atom stereocenters. The van der Waals surface area contributed by atoms with Crippen LogP contribution in [0.4, 0.5) is 42.0 Å². The molecule has 10 aliphatic heterocycles. The maximum Gasteiger partial charge on any atom is 2.00 e. The number of anilines is 5. The SMILES string of the molecule is CC(C)(C)CCOC[C@@H]1Nc2ccc(Br)cc2C2NCC[C@@H]21.CC(C)(C)OC(=O)N1CC[C@H]2C1c1cc(Br)ccc1N[C@H]2CO.Cc1ccc(S(=O)(=O)N2CC[C@H]3C2c2cc(-c4ccccc4F)ccc2N[C@H]3CO)cc1.Cc1ccc(S(=O)(=O)N2CC[C@H]3C2c2cc(-c4ccccc4F)ccc2N[C@H]3COCCC(C)(C)C)cc1.Cc1ccc(S(=O)(=O)N2CC[C@H]3C2c2cc(Br)ccc2N[C@H]3COCCC(C)(C)C)cc1.[CH3-].[CH3-].[Pd+2]. The van der Waals surface area contributed by atoms with Crippen molar-refractivity contribution in [1.29, 1.82) is 0 Å². The summed E-state index contributed by atoms with van der Waals surface area (Å²) in [7, 11) is -11.1. The van der Waals surface area contributed by atoms with E-state index in [4.69, 9.17) is 18.9 Å². The molecule has 0 bridgehead atoms. The van der Waals surface area contributed by atoms with E-state index in [1.165, 1.54) is 29.8 Å². The molecule has 150 heavy (non-hydrogen) atoms.